The Hall–Kier alpha value is -7.49. The summed E-state index contributed by atoms with van der Waals surface area (Å²) < 4.78 is 0. The molecule has 0 aliphatic heterocycles. The summed E-state index contributed by atoms with van der Waals surface area (Å²) in [5.74, 6) is 0.849. The maximum atomic E-state index is 5.10. The monoisotopic (exact) mass is 757 g/mol. The summed E-state index contributed by atoms with van der Waals surface area (Å²) in [6, 6.07) is 78.1. The van der Waals surface area contributed by atoms with Crippen LogP contribution in [0.3, 0.4) is 0 Å². The summed E-state index contributed by atoms with van der Waals surface area (Å²) >= 11 is 0. The lowest BCUT2D eigenvalue weighted by atomic mass is 9.82. The topological polar surface area (TPSA) is 19.4 Å². The van der Waals surface area contributed by atoms with Gasteiger partial charge in [0.25, 0.3) is 0 Å². The largest absolute Gasteiger partial charge is 0.310 e. The molecule has 0 saturated heterocycles. The van der Waals surface area contributed by atoms with Gasteiger partial charge in [0.1, 0.15) is 5.82 Å². The molecule has 0 N–H and O–H groups in total. The van der Waals surface area contributed by atoms with Crippen LogP contribution in [0.4, 0.5) is 34.3 Å². The molecule has 282 valence electrons. The predicted octanol–water partition coefficient (Wildman–Crippen LogP) is 15.3. The van der Waals surface area contributed by atoms with Crippen LogP contribution < -0.4 is 9.80 Å². The van der Waals surface area contributed by atoms with Crippen molar-refractivity contribution in [2.75, 3.05) is 9.80 Å². The molecule has 1 aromatic heterocycles. The standard InChI is InChI=1S/C56H43N3/c1-56(2)53-21-13-12-20-51(53)52-36-35-50(38-54(52)56)58(46-18-10-5-11-19-46)47-29-26-44(27-30-47)45-28-37-55(57-39-45)59(48-31-22-42(23-32-48)40-14-6-3-7-15-40)49-33-24-43(25-34-49)41-16-8-4-9-17-41/h3-39H,1-2H3. The minimum absolute atomic E-state index is 0.0832. The first-order chi connectivity index (χ1) is 29.0. The molecule has 0 unspecified atom stereocenters. The number of aromatic nitrogens is 1. The Bertz CT molecular complexity index is 2770. The zero-order chi connectivity index (χ0) is 39.8. The number of nitrogens with zero attached hydrogens (tertiary/aromatic N) is 3. The van der Waals surface area contributed by atoms with Crippen molar-refractivity contribution in [1.82, 2.24) is 4.98 Å². The van der Waals surface area contributed by atoms with Crippen LogP contribution in [0.15, 0.2) is 225 Å². The van der Waals surface area contributed by atoms with Crippen molar-refractivity contribution in [2.24, 2.45) is 0 Å². The quantitative estimate of drug-likeness (QED) is 0.146. The molecule has 1 aliphatic rings. The number of anilines is 6. The van der Waals surface area contributed by atoms with Gasteiger partial charge in [-0.1, -0.05) is 159 Å². The van der Waals surface area contributed by atoms with Crippen LogP contribution in [0.2, 0.25) is 0 Å². The summed E-state index contributed by atoms with van der Waals surface area (Å²) in [4.78, 5) is 9.68. The number of pyridine rings is 1. The van der Waals surface area contributed by atoms with Gasteiger partial charge in [-0.15, -0.1) is 0 Å². The Morgan fingerprint density at radius 2 is 0.729 bits per heavy atom. The van der Waals surface area contributed by atoms with Gasteiger partial charge < -0.3 is 4.90 Å². The highest BCUT2D eigenvalue weighted by atomic mass is 15.2. The van der Waals surface area contributed by atoms with Crippen molar-refractivity contribution in [3.05, 3.63) is 236 Å². The SMILES string of the molecule is CC1(C)c2ccccc2-c2ccc(N(c3ccccc3)c3ccc(-c4ccc(N(c5ccc(-c6ccccc6)cc5)c5ccc(-c6ccccc6)cc5)nc4)cc3)cc21. The number of rotatable bonds is 9. The van der Waals surface area contributed by atoms with Gasteiger partial charge in [-0.3, -0.25) is 4.90 Å². The summed E-state index contributed by atoms with van der Waals surface area (Å²) in [6.45, 7) is 4.68. The third kappa shape index (κ3) is 6.77. The van der Waals surface area contributed by atoms with Crippen molar-refractivity contribution < 1.29 is 0 Å². The van der Waals surface area contributed by atoms with Crippen LogP contribution in [0.25, 0.3) is 44.5 Å². The van der Waals surface area contributed by atoms with Crippen molar-refractivity contribution in [1.29, 1.82) is 0 Å². The lowest BCUT2D eigenvalue weighted by Gasteiger charge is -2.28. The van der Waals surface area contributed by atoms with Gasteiger partial charge in [0, 0.05) is 45.6 Å². The molecule has 3 heteroatoms. The van der Waals surface area contributed by atoms with E-state index in [1.807, 2.05) is 6.20 Å². The van der Waals surface area contributed by atoms with E-state index in [1.54, 1.807) is 0 Å². The first-order valence-electron chi connectivity index (χ1n) is 20.3. The van der Waals surface area contributed by atoms with Gasteiger partial charge in [-0.2, -0.15) is 0 Å². The molecule has 0 spiro atoms. The summed E-state index contributed by atoms with van der Waals surface area (Å²) in [7, 11) is 0. The van der Waals surface area contributed by atoms with E-state index in [-0.39, 0.29) is 5.41 Å². The Morgan fingerprint density at radius 3 is 1.27 bits per heavy atom. The van der Waals surface area contributed by atoms with Crippen LogP contribution in [-0.4, -0.2) is 4.98 Å². The van der Waals surface area contributed by atoms with E-state index in [9.17, 15) is 0 Å². The van der Waals surface area contributed by atoms with Gasteiger partial charge in [0.05, 0.1) is 0 Å². The molecule has 3 nitrogen and oxygen atoms in total. The van der Waals surface area contributed by atoms with Crippen LogP contribution in [0.1, 0.15) is 25.0 Å². The summed E-state index contributed by atoms with van der Waals surface area (Å²) in [5, 5.41) is 0. The molecule has 0 radical (unpaired) electrons. The molecule has 9 aromatic rings. The zero-order valence-electron chi connectivity index (χ0n) is 33.2. The maximum absolute atomic E-state index is 5.10. The minimum atomic E-state index is -0.0832. The van der Waals surface area contributed by atoms with E-state index in [0.29, 0.717) is 0 Å². The summed E-state index contributed by atoms with van der Waals surface area (Å²) in [6.07, 6.45) is 1.99. The van der Waals surface area contributed by atoms with Crippen LogP contribution >= 0.6 is 0 Å². The van der Waals surface area contributed by atoms with Crippen LogP contribution in [0.5, 0.6) is 0 Å². The van der Waals surface area contributed by atoms with E-state index in [4.69, 9.17) is 4.98 Å². The third-order valence-corrected chi connectivity index (χ3v) is 11.7. The Labute approximate surface area is 347 Å². The first kappa shape index (κ1) is 35.9. The van der Waals surface area contributed by atoms with Crippen LogP contribution in [0, 0.1) is 0 Å². The smallest absolute Gasteiger partial charge is 0.137 e. The predicted molar refractivity (Wildman–Crippen MR) is 247 cm³/mol. The molecule has 0 amide bonds. The average molecular weight is 758 g/mol. The molecule has 0 bridgehead atoms. The van der Waals surface area contributed by atoms with Gasteiger partial charge >= 0.3 is 0 Å². The number of benzene rings is 8. The van der Waals surface area contributed by atoms with E-state index in [0.717, 1.165) is 45.4 Å². The van der Waals surface area contributed by atoms with E-state index < -0.39 is 0 Å². The fraction of sp³-hybridized carbons (Fsp3) is 0.0536. The van der Waals surface area contributed by atoms with Crippen molar-refractivity contribution >= 4 is 34.3 Å². The molecule has 59 heavy (non-hydrogen) atoms. The Kier molecular flexibility index (Phi) is 9.19. The number of hydrogen-bond donors (Lipinski definition) is 0. The highest BCUT2D eigenvalue weighted by Gasteiger charge is 2.35. The van der Waals surface area contributed by atoms with E-state index in [1.165, 1.54) is 44.5 Å². The van der Waals surface area contributed by atoms with Crippen LogP contribution in [-0.2, 0) is 5.41 Å². The average Bonchev–Trinajstić information content (AvgIpc) is 3.53. The third-order valence-electron chi connectivity index (χ3n) is 11.7. The van der Waals surface area contributed by atoms with Crippen molar-refractivity contribution in [3.63, 3.8) is 0 Å². The van der Waals surface area contributed by atoms with E-state index >= 15 is 0 Å². The summed E-state index contributed by atoms with van der Waals surface area (Å²) in [5.41, 5.74) is 17.7. The van der Waals surface area contributed by atoms with Gasteiger partial charge in [-0.05, 0) is 123 Å². The van der Waals surface area contributed by atoms with Gasteiger partial charge in [0.15, 0.2) is 0 Å². The molecular weight excluding hydrogens is 715 g/mol. The van der Waals surface area contributed by atoms with Crippen molar-refractivity contribution in [3.8, 4) is 44.5 Å². The molecule has 1 heterocycles. The lowest BCUT2D eigenvalue weighted by molar-refractivity contribution is 0.660. The zero-order valence-corrected chi connectivity index (χ0v) is 33.2. The molecular formula is C56H43N3. The normalized spacial score (nSPS) is 12.4. The van der Waals surface area contributed by atoms with Gasteiger partial charge in [-0.25, -0.2) is 4.98 Å². The maximum Gasteiger partial charge on any atom is 0.137 e. The minimum Gasteiger partial charge on any atom is -0.310 e. The highest BCUT2D eigenvalue weighted by molar-refractivity contribution is 5.86. The number of hydrogen-bond acceptors (Lipinski definition) is 3. The Morgan fingerprint density at radius 1 is 0.322 bits per heavy atom. The molecule has 0 atom stereocenters. The lowest BCUT2D eigenvalue weighted by Crippen LogP contribution is -2.16. The second-order valence-corrected chi connectivity index (χ2v) is 15.7. The Balaban J connectivity index is 0.970. The van der Waals surface area contributed by atoms with Gasteiger partial charge in [0.2, 0.25) is 0 Å². The number of para-hydroxylation sites is 1. The van der Waals surface area contributed by atoms with Crippen molar-refractivity contribution in [2.45, 2.75) is 19.3 Å². The molecule has 1 aliphatic carbocycles. The fourth-order valence-electron chi connectivity index (χ4n) is 8.63. The van der Waals surface area contributed by atoms with E-state index in [2.05, 4.69) is 242 Å². The molecule has 0 fully saturated rings. The number of fused-ring (bicyclic) bond motifs is 3. The second-order valence-electron chi connectivity index (χ2n) is 15.7. The molecule has 0 saturated carbocycles. The fourth-order valence-corrected chi connectivity index (χ4v) is 8.63. The first-order valence-corrected chi connectivity index (χ1v) is 20.3. The second kappa shape index (κ2) is 15.1. The molecule has 10 rings (SSSR count). The highest BCUT2D eigenvalue weighted by Crippen LogP contribution is 2.50. The molecule has 8 aromatic carbocycles.